The molecule has 14 heteroatoms. The molecule has 1 aliphatic rings. The number of azide groups is 1. The normalized spacial score (nSPS) is 17.0. The van der Waals surface area contributed by atoms with Crippen molar-refractivity contribution in [3.05, 3.63) is 139 Å². The Hall–Kier alpha value is -4.71. The summed E-state index contributed by atoms with van der Waals surface area (Å²) in [5.74, 6) is -1.52. The van der Waals surface area contributed by atoms with Crippen molar-refractivity contribution in [1.82, 2.24) is 10.9 Å². The Bertz CT molecular complexity index is 1840. The largest absolute Gasteiger partial charge is 0.494 e. The molecule has 0 aliphatic carbocycles. The molecule has 0 radical (unpaired) electrons. The summed E-state index contributed by atoms with van der Waals surface area (Å²) in [5.41, 5.74) is 14.6. The van der Waals surface area contributed by atoms with Gasteiger partial charge < -0.3 is 14.6 Å². The van der Waals surface area contributed by atoms with Crippen LogP contribution in [-0.4, -0.2) is 35.7 Å². The van der Waals surface area contributed by atoms with E-state index in [0.29, 0.717) is 40.5 Å². The number of nitrogens with one attached hydrogen (secondary N) is 2. The van der Waals surface area contributed by atoms with Crippen molar-refractivity contribution in [2.24, 2.45) is 10.1 Å². The number of hydrogen-bond donors (Lipinski definition) is 3. The number of halogens is 4. The predicted molar refractivity (Wildman–Crippen MR) is 173 cm³/mol. The molecule has 10 nitrogen and oxygen atoms in total. The average molecular weight is 682 g/mol. The lowest BCUT2D eigenvalue weighted by Gasteiger charge is -2.31. The maximum Gasteiger partial charge on any atom is 0.266 e. The summed E-state index contributed by atoms with van der Waals surface area (Å²) in [6.07, 6.45) is -0.764. The highest BCUT2D eigenvalue weighted by molar-refractivity contribution is 6.35. The number of ether oxygens (including phenoxy) is 2. The van der Waals surface area contributed by atoms with Gasteiger partial charge in [-0.15, -0.1) is 0 Å². The fraction of sp³-hybridized carbons (Fsp3) is 0.212. The average Bonchev–Trinajstić information content (AvgIpc) is 3.43. The van der Waals surface area contributed by atoms with Crippen molar-refractivity contribution < 1.29 is 28.2 Å². The van der Waals surface area contributed by atoms with Gasteiger partial charge in [-0.3, -0.25) is 10.2 Å². The first-order valence-corrected chi connectivity index (χ1v) is 15.2. The van der Waals surface area contributed by atoms with E-state index in [1.807, 2.05) is 0 Å². The number of aliphatic imine (C=N–C) groups is 1. The van der Waals surface area contributed by atoms with E-state index in [1.165, 1.54) is 12.1 Å². The lowest BCUT2D eigenvalue weighted by Crippen LogP contribution is -2.53. The zero-order valence-electron chi connectivity index (χ0n) is 24.7. The molecule has 0 saturated carbocycles. The van der Waals surface area contributed by atoms with Gasteiger partial charge in [0.25, 0.3) is 5.91 Å². The molecule has 0 spiro atoms. The van der Waals surface area contributed by atoms with E-state index >= 15 is 0 Å². The molecule has 5 rings (SSSR count). The van der Waals surface area contributed by atoms with Gasteiger partial charge in [-0.25, -0.2) is 19.2 Å². The first-order valence-electron chi connectivity index (χ1n) is 14.4. The van der Waals surface area contributed by atoms with Crippen molar-refractivity contribution in [3.8, 4) is 5.75 Å². The van der Waals surface area contributed by atoms with E-state index in [2.05, 4.69) is 20.9 Å². The van der Waals surface area contributed by atoms with Crippen LogP contribution in [0.2, 0.25) is 10.0 Å². The third kappa shape index (κ3) is 7.82. The van der Waals surface area contributed by atoms with Crippen molar-refractivity contribution in [3.63, 3.8) is 0 Å². The van der Waals surface area contributed by atoms with Crippen LogP contribution in [0, 0.1) is 11.6 Å². The molecule has 0 unspecified atom stereocenters. The number of aliphatic hydroxyl groups is 1. The number of benzene rings is 4. The minimum absolute atomic E-state index is 0.00196. The second-order valence-corrected chi connectivity index (χ2v) is 11.3. The topological polar surface area (TPSA) is 141 Å². The summed E-state index contributed by atoms with van der Waals surface area (Å²) in [5, 5.41) is 13.4. The fourth-order valence-corrected chi connectivity index (χ4v) is 5.57. The minimum Gasteiger partial charge on any atom is -0.494 e. The summed E-state index contributed by atoms with van der Waals surface area (Å²) in [7, 11) is 0. The van der Waals surface area contributed by atoms with Crippen LogP contribution in [0.1, 0.15) is 34.8 Å². The lowest BCUT2D eigenvalue weighted by molar-refractivity contribution is -0.130. The first-order chi connectivity index (χ1) is 22.7. The first kappa shape index (κ1) is 33.6. The summed E-state index contributed by atoms with van der Waals surface area (Å²) in [4.78, 5) is 22.2. The monoisotopic (exact) mass is 680 g/mol. The molecule has 0 aromatic heterocycles. The molecule has 1 heterocycles. The lowest BCUT2D eigenvalue weighted by atomic mass is 9.81. The third-order valence-electron chi connectivity index (χ3n) is 7.37. The van der Waals surface area contributed by atoms with Crippen LogP contribution in [0.4, 0.5) is 14.5 Å². The maximum absolute atomic E-state index is 14.4. The molecule has 1 aliphatic heterocycles. The molecule has 0 bridgehead atoms. The van der Waals surface area contributed by atoms with Crippen LogP contribution in [-0.2, 0) is 22.5 Å². The number of hydrogen-bond acceptors (Lipinski definition) is 7. The van der Waals surface area contributed by atoms with Crippen molar-refractivity contribution >= 4 is 40.7 Å². The van der Waals surface area contributed by atoms with Crippen LogP contribution in [0.3, 0.4) is 0 Å². The summed E-state index contributed by atoms with van der Waals surface area (Å²) in [6.45, 7) is 0.149. The minimum atomic E-state index is -1.77. The Morgan fingerprint density at radius 1 is 1.06 bits per heavy atom. The highest BCUT2D eigenvalue weighted by atomic mass is 35.5. The van der Waals surface area contributed by atoms with Crippen molar-refractivity contribution in [2.45, 2.75) is 31.0 Å². The summed E-state index contributed by atoms with van der Waals surface area (Å²) < 4.78 is 39.9. The number of amides is 1. The summed E-state index contributed by atoms with van der Waals surface area (Å²) >= 11 is 12.9. The quantitative estimate of drug-likeness (QED) is 0.0447. The van der Waals surface area contributed by atoms with Gasteiger partial charge in [-0.1, -0.05) is 64.7 Å². The van der Waals surface area contributed by atoms with Gasteiger partial charge in [-0.2, -0.15) is 0 Å². The number of aliphatic hydroxyl groups excluding tert-OH is 1. The Morgan fingerprint density at radius 2 is 1.85 bits per heavy atom. The number of hydrazine groups is 1. The van der Waals surface area contributed by atoms with E-state index in [-0.39, 0.29) is 41.7 Å². The van der Waals surface area contributed by atoms with Crippen LogP contribution in [0.15, 0.2) is 95.0 Å². The zero-order valence-corrected chi connectivity index (χ0v) is 26.2. The Labute approximate surface area is 278 Å². The van der Waals surface area contributed by atoms with Crippen LogP contribution >= 0.6 is 23.2 Å². The fourth-order valence-electron chi connectivity index (χ4n) is 5.06. The van der Waals surface area contributed by atoms with Crippen molar-refractivity contribution in [2.75, 3.05) is 13.2 Å². The number of carbonyl (C=O) groups is 1. The second kappa shape index (κ2) is 15.3. The highest BCUT2D eigenvalue weighted by Crippen LogP contribution is 2.46. The smallest absolute Gasteiger partial charge is 0.266 e. The van der Waals surface area contributed by atoms with E-state index < -0.39 is 29.2 Å². The standard InChI is InChI=1S/C33H28Cl2F2N6O4/c34-23-9-13-26(27(35)16-23)30-33(18-21-4-1-2-5-29(21)41-43-38,32(45)42-39-19-22-6-10-24(36)17-28(22)37)40-31(47-30)20-7-11-25(12-8-20)46-15-3-14-44/h1-2,4-13,16-17,30,39,44H,3,14-15,18-19H2,(H,42,45)/t30-,33-/m0/s1. The SMILES string of the molecule is [N-]=[N+]=Nc1ccccc1C[C@]1(C(=O)NNCc2ccc(F)cc2F)N=C(c2ccc(OCCCO)cc2)O[C@H]1c1ccc(Cl)cc1Cl. The van der Waals surface area contributed by atoms with Gasteiger partial charge in [0.2, 0.25) is 5.90 Å². The van der Waals surface area contributed by atoms with Gasteiger partial charge in [-0.05, 0) is 53.6 Å². The van der Waals surface area contributed by atoms with Gasteiger partial charge in [0.15, 0.2) is 11.6 Å². The molecule has 47 heavy (non-hydrogen) atoms. The molecule has 4 aromatic carbocycles. The van der Waals surface area contributed by atoms with Gasteiger partial charge in [0, 0.05) is 69.4 Å². The molecule has 2 atom stereocenters. The molecule has 3 N–H and O–H groups in total. The van der Waals surface area contributed by atoms with Crippen LogP contribution in [0.25, 0.3) is 10.4 Å². The van der Waals surface area contributed by atoms with Gasteiger partial charge >= 0.3 is 0 Å². The highest BCUT2D eigenvalue weighted by Gasteiger charge is 2.54. The molecule has 1 amide bonds. The molecule has 4 aromatic rings. The van der Waals surface area contributed by atoms with Crippen molar-refractivity contribution in [1.29, 1.82) is 0 Å². The van der Waals surface area contributed by atoms with E-state index in [1.54, 1.807) is 60.7 Å². The Kier molecular flexibility index (Phi) is 10.9. The molecular formula is C33H28Cl2F2N6O4. The second-order valence-electron chi connectivity index (χ2n) is 10.5. The van der Waals surface area contributed by atoms with E-state index in [4.69, 9.17) is 42.8 Å². The summed E-state index contributed by atoms with van der Waals surface area (Å²) in [6, 6.07) is 21.4. The predicted octanol–water partition coefficient (Wildman–Crippen LogP) is 7.30. The molecular weight excluding hydrogens is 653 g/mol. The Balaban J connectivity index is 1.58. The van der Waals surface area contributed by atoms with Crippen LogP contribution in [0.5, 0.6) is 5.75 Å². The Morgan fingerprint density at radius 3 is 2.57 bits per heavy atom. The number of nitrogens with zero attached hydrogens (tertiary/aromatic N) is 4. The van der Waals surface area contributed by atoms with Gasteiger partial charge in [0.1, 0.15) is 17.4 Å². The molecule has 0 fully saturated rings. The molecule has 0 saturated heterocycles. The maximum atomic E-state index is 14.4. The number of rotatable bonds is 13. The molecule has 242 valence electrons. The zero-order chi connectivity index (χ0) is 33.4. The van der Waals surface area contributed by atoms with Gasteiger partial charge in [0.05, 0.1) is 6.61 Å². The third-order valence-corrected chi connectivity index (χ3v) is 7.94. The van der Waals surface area contributed by atoms with Crippen LogP contribution < -0.4 is 15.6 Å². The van der Waals surface area contributed by atoms with E-state index in [9.17, 15) is 19.1 Å². The number of carbonyl (C=O) groups excluding carboxylic acids is 1. The van der Waals surface area contributed by atoms with E-state index in [0.717, 1.165) is 12.1 Å².